The highest BCUT2D eigenvalue weighted by molar-refractivity contribution is 6.20. The molecule has 0 aliphatic heterocycles. The Morgan fingerprint density at radius 2 is 1.26 bits per heavy atom. The van der Waals surface area contributed by atoms with E-state index in [1.54, 1.807) is 0 Å². The van der Waals surface area contributed by atoms with Crippen molar-refractivity contribution in [1.82, 2.24) is 0 Å². The SMILES string of the molecule is C[C@H](Cl)COc1cc[c]cc1OC(F)C(F)(F)OC(F)(F)C(F)(F)OC(F)(F)C(F)(F)C(F)(F)C(F)(F)F. The molecule has 2 atom stereocenters. The molecule has 0 amide bonds. The Bertz CT molecular complexity index is 937. The van der Waals surface area contributed by atoms with Gasteiger partial charge in [0.15, 0.2) is 11.5 Å². The number of ether oxygens (including phenoxy) is 4. The van der Waals surface area contributed by atoms with E-state index in [2.05, 4.69) is 15.5 Å². The van der Waals surface area contributed by atoms with Crippen LogP contribution in [-0.4, -0.2) is 60.8 Å². The zero-order valence-electron chi connectivity index (χ0n) is 17.7. The molecule has 21 heteroatoms. The molecule has 0 aromatic heterocycles. The molecule has 1 radical (unpaired) electrons. The van der Waals surface area contributed by atoms with Crippen molar-refractivity contribution in [1.29, 1.82) is 0 Å². The molecular formula is C17H10ClF16O4. The number of benzene rings is 1. The standard InChI is InChI=1S/C17H10ClF16O4/c1-7(18)6-35-8-4-2-3-5-9(8)36-10(19)11(20,21)37-16(31,32)17(33,34)38-15(29,30)13(24,25)12(22,23)14(26,27)28/h2,4-5,7,10H,6H2,1H3/t7-,10?/m0/s1. The van der Waals surface area contributed by atoms with Gasteiger partial charge in [0.2, 0.25) is 0 Å². The van der Waals surface area contributed by atoms with E-state index in [0.717, 1.165) is 12.1 Å². The maximum Gasteiger partial charge on any atom is 0.460 e. The van der Waals surface area contributed by atoms with Crippen molar-refractivity contribution in [2.75, 3.05) is 6.61 Å². The van der Waals surface area contributed by atoms with E-state index in [1.165, 1.54) is 11.7 Å². The summed E-state index contributed by atoms with van der Waals surface area (Å²) in [5, 5.41) is -0.750. The average molecular weight is 618 g/mol. The normalized spacial score (nSPS) is 16.3. The van der Waals surface area contributed by atoms with E-state index in [0.29, 0.717) is 6.07 Å². The lowest BCUT2D eigenvalue weighted by Gasteiger charge is -2.36. The molecule has 0 spiro atoms. The smallest absolute Gasteiger partial charge is 0.460 e. The molecular weight excluding hydrogens is 608 g/mol. The Kier molecular flexibility index (Phi) is 9.66. The van der Waals surface area contributed by atoms with Crippen LogP contribution in [0.25, 0.3) is 0 Å². The van der Waals surface area contributed by atoms with Crippen LogP contribution in [0.1, 0.15) is 6.92 Å². The molecule has 1 unspecified atom stereocenters. The highest BCUT2D eigenvalue weighted by Gasteiger charge is 2.85. The van der Waals surface area contributed by atoms with Gasteiger partial charge in [0.1, 0.15) is 6.61 Å². The average Bonchev–Trinajstić information content (AvgIpc) is 2.70. The summed E-state index contributed by atoms with van der Waals surface area (Å²) in [6.45, 7) is 0.963. The van der Waals surface area contributed by atoms with Crippen molar-refractivity contribution in [3.63, 3.8) is 0 Å². The Morgan fingerprint density at radius 1 is 0.763 bits per heavy atom. The number of halogens is 17. The van der Waals surface area contributed by atoms with Crippen LogP contribution in [0.5, 0.6) is 11.5 Å². The summed E-state index contributed by atoms with van der Waals surface area (Å²) in [5.41, 5.74) is 0. The highest BCUT2D eigenvalue weighted by atomic mass is 35.5. The first-order valence-electron chi connectivity index (χ1n) is 9.03. The van der Waals surface area contributed by atoms with Crippen LogP contribution < -0.4 is 9.47 Å². The maximum atomic E-state index is 13.9. The predicted octanol–water partition coefficient (Wildman–Crippen LogP) is 7.40. The van der Waals surface area contributed by atoms with E-state index >= 15 is 0 Å². The first kappa shape index (κ1) is 33.9. The fraction of sp³-hybridized carbons (Fsp3) is 0.647. The van der Waals surface area contributed by atoms with Gasteiger partial charge in [-0.3, -0.25) is 0 Å². The number of alkyl halides is 17. The molecule has 0 N–H and O–H groups in total. The second kappa shape index (κ2) is 10.8. The second-order valence-electron chi connectivity index (χ2n) is 6.86. The third-order valence-electron chi connectivity index (χ3n) is 3.73. The Labute approximate surface area is 205 Å². The molecule has 221 valence electrons. The van der Waals surface area contributed by atoms with Crippen molar-refractivity contribution in [2.45, 2.75) is 61.1 Å². The van der Waals surface area contributed by atoms with Gasteiger partial charge in [-0.25, -0.2) is 9.47 Å². The second-order valence-corrected chi connectivity index (χ2v) is 7.61. The maximum absolute atomic E-state index is 13.9. The Balaban J connectivity index is 3.16. The third-order valence-corrected chi connectivity index (χ3v) is 3.85. The number of hydrogen-bond donors (Lipinski definition) is 0. The van der Waals surface area contributed by atoms with Crippen molar-refractivity contribution in [2.24, 2.45) is 0 Å². The van der Waals surface area contributed by atoms with Crippen LogP contribution in [0.15, 0.2) is 18.2 Å². The lowest BCUT2D eigenvalue weighted by molar-refractivity contribution is -0.547. The quantitative estimate of drug-likeness (QED) is 0.171. The summed E-state index contributed by atoms with van der Waals surface area (Å²) in [7, 11) is 0. The first-order chi connectivity index (χ1) is 16.7. The van der Waals surface area contributed by atoms with Gasteiger partial charge in [0.05, 0.1) is 5.38 Å². The molecule has 0 heterocycles. The van der Waals surface area contributed by atoms with E-state index in [1.807, 2.05) is 0 Å². The lowest BCUT2D eigenvalue weighted by atomic mass is 10.1. The molecule has 1 rings (SSSR count). The summed E-state index contributed by atoms with van der Waals surface area (Å²) < 4.78 is 221. The molecule has 0 aliphatic rings. The molecule has 0 aliphatic carbocycles. The summed E-state index contributed by atoms with van der Waals surface area (Å²) in [6.07, 6.45) is -41.0. The summed E-state index contributed by atoms with van der Waals surface area (Å²) >= 11 is 5.54. The zero-order chi connectivity index (χ0) is 30.2. The van der Waals surface area contributed by atoms with Crippen LogP contribution in [0, 0.1) is 6.07 Å². The van der Waals surface area contributed by atoms with Crippen molar-refractivity contribution in [3.05, 3.63) is 24.3 Å². The van der Waals surface area contributed by atoms with E-state index < -0.39 is 65.7 Å². The topological polar surface area (TPSA) is 36.9 Å². The molecule has 0 fully saturated rings. The van der Waals surface area contributed by atoms with Crippen molar-refractivity contribution >= 4 is 11.6 Å². The van der Waals surface area contributed by atoms with Gasteiger partial charge >= 0.3 is 48.8 Å². The van der Waals surface area contributed by atoms with Crippen LogP contribution in [0.4, 0.5) is 70.2 Å². The monoisotopic (exact) mass is 617 g/mol. The molecule has 1 aromatic carbocycles. The van der Waals surface area contributed by atoms with Crippen molar-refractivity contribution in [3.8, 4) is 11.5 Å². The van der Waals surface area contributed by atoms with Gasteiger partial charge < -0.3 is 9.47 Å². The minimum absolute atomic E-state index is 0.389. The molecule has 0 saturated carbocycles. The van der Waals surface area contributed by atoms with Gasteiger partial charge in [-0.05, 0) is 25.1 Å². The minimum atomic E-state index is -8.01. The van der Waals surface area contributed by atoms with Crippen molar-refractivity contribution < 1.29 is 89.2 Å². The minimum Gasteiger partial charge on any atom is -0.488 e. The third kappa shape index (κ3) is 7.10. The van der Waals surface area contributed by atoms with Crippen LogP contribution in [-0.2, 0) is 9.47 Å². The molecule has 1 aromatic rings. The van der Waals surface area contributed by atoms with Gasteiger partial charge in [-0.15, -0.1) is 11.6 Å². The first-order valence-corrected chi connectivity index (χ1v) is 9.47. The number of rotatable bonds is 13. The largest absolute Gasteiger partial charge is 0.488 e. The Morgan fingerprint density at radius 3 is 1.74 bits per heavy atom. The van der Waals surface area contributed by atoms with Gasteiger partial charge in [0, 0.05) is 0 Å². The molecule has 0 saturated heterocycles. The van der Waals surface area contributed by atoms with E-state index in [-0.39, 0.29) is 6.61 Å². The van der Waals surface area contributed by atoms with Crippen LogP contribution in [0.2, 0.25) is 0 Å². The van der Waals surface area contributed by atoms with E-state index in [9.17, 15) is 70.2 Å². The Hall–Kier alpha value is -2.09. The molecule has 4 nitrogen and oxygen atoms in total. The fourth-order valence-electron chi connectivity index (χ4n) is 1.92. The summed E-state index contributed by atoms with van der Waals surface area (Å²) in [5.74, 6) is -17.6. The molecule has 38 heavy (non-hydrogen) atoms. The number of hydrogen-bond acceptors (Lipinski definition) is 4. The summed E-state index contributed by atoms with van der Waals surface area (Å²) in [4.78, 5) is 0. The van der Waals surface area contributed by atoms with Gasteiger partial charge in [0.25, 0.3) is 0 Å². The van der Waals surface area contributed by atoms with Gasteiger partial charge in [-0.1, -0.05) is 6.07 Å². The predicted molar refractivity (Wildman–Crippen MR) is 89.5 cm³/mol. The lowest BCUT2D eigenvalue weighted by Crippen LogP contribution is -2.64. The highest BCUT2D eigenvalue weighted by Crippen LogP contribution is 2.56. The fourth-order valence-corrected chi connectivity index (χ4v) is 1.98. The van der Waals surface area contributed by atoms with Crippen LogP contribution >= 0.6 is 11.6 Å². The summed E-state index contributed by atoms with van der Waals surface area (Å²) in [6, 6.07) is 4.54. The zero-order valence-corrected chi connectivity index (χ0v) is 18.4. The van der Waals surface area contributed by atoms with Crippen LogP contribution in [0.3, 0.4) is 0 Å². The molecule has 0 bridgehead atoms. The van der Waals surface area contributed by atoms with Gasteiger partial charge in [-0.2, -0.15) is 70.2 Å². The van der Waals surface area contributed by atoms with E-state index in [4.69, 9.17) is 16.3 Å².